The molecule has 8 heteroatoms. The number of nitrogens with zero attached hydrogens (tertiary/aromatic N) is 5. The van der Waals surface area contributed by atoms with Gasteiger partial charge >= 0.3 is 0 Å². The van der Waals surface area contributed by atoms with Crippen LogP contribution < -0.4 is 15.0 Å². The molecule has 3 rings (SSSR count). The second-order valence-electron chi connectivity index (χ2n) is 4.88. The Kier molecular flexibility index (Phi) is 4.08. The second-order valence-corrected chi connectivity index (χ2v) is 4.88. The summed E-state index contributed by atoms with van der Waals surface area (Å²) in [4.78, 5) is 30.5. The molecule has 2 aromatic rings. The molecule has 8 nitrogen and oxygen atoms in total. The van der Waals surface area contributed by atoms with Crippen molar-refractivity contribution in [3.8, 4) is 5.88 Å². The smallest absolute Gasteiger partial charge is 0.271 e. The van der Waals surface area contributed by atoms with Gasteiger partial charge in [-0.2, -0.15) is 0 Å². The number of carbonyl (C=O) groups is 1. The summed E-state index contributed by atoms with van der Waals surface area (Å²) in [5.41, 5.74) is 0.318. The van der Waals surface area contributed by atoms with Crippen LogP contribution in [0.25, 0.3) is 0 Å². The number of hydrogen-bond donors (Lipinski definition) is 1. The number of methoxy groups -OCH3 is 1. The molecule has 0 aliphatic carbocycles. The number of aromatic nitrogens is 4. The lowest BCUT2D eigenvalue weighted by molar-refractivity contribution is 0.0935. The van der Waals surface area contributed by atoms with Crippen molar-refractivity contribution in [2.45, 2.75) is 12.5 Å². The lowest BCUT2D eigenvalue weighted by Gasteiger charge is -2.19. The zero-order valence-electron chi connectivity index (χ0n) is 12.1. The van der Waals surface area contributed by atoms with Crippen molar-refractivity contribution >= 4 is 11.7 Å². The molecule has 0 bridgehead atoms. The number of nitrogens with one attached hydrogen (secondary N) is 1. The molecule has 1 aliphatic rings. The average molecular weight is 300 g/mol. The predicted octanol–water partition coefficient (Wildman–Crippen LogP) is 0.284. The molecule has 0 spiro atoms. The monoisotopic (exact) mass is 300 g/mol. The Balaban J connectivity index is 1.64. The summed E-state index contributed by atoms with van der Waals surface area (Å²) in [5.74, 6) is 0.968. The lowest BCUT2D eigenvalue weighted by atomic mass is 10.2. The summed E-state index contributed by atoms with van der Waals surface area (Å²) >= 11 is 0. The van der Waals surface area contributed by atoms with E-state index >= 15 is 0 Å². The van der Waals surface area contributed by atoms with Crippen molar-refractivity contribution in [2.24, 2.45) is 0 Å². The van der Waals surface area contributed by atoms with E-state index in [1.54, 1.807) is 19.5 Å². The molecule has 1 N–H and O–H groups in total. The summed E-state index contributed by atoms with van der Waals surface area (Å²) in [6.45, 7) is 1.43. The van der Waals surface area contributed by atoms with Gasteiger partial charge in [0.1, 0.15) is 5.69 Å². The van der Waals surface area contributed by atoms with E-state index in [0.29, 0.717) is 23.9 Å². The number of carbonyl (C=O) groups excluding carboxylic acids is 1. The van der Waals surface area contributed by atoms with Crippen LogP contribution in [-0.4, -0.2) is 52.1 Å². The van der Waals surface area contributed by atoms with Gasteiger partial charge in [0.2, 0.25) is 0 Å². The van der Waals surface area contributed by atoms with Crippen molar-refractivity contribution in [3.05, 3.63) is 36.7 Å². The summed E-state index contributed by atoms with van der Waals surface area (Å²) in [6, 6.07) is 0.0289. The van der Waals surface area contributed by atoms with Gasteiger partial charge in [-0.25, -0.2) is 15.0 Å². The Hall–Kier alpha value is -2.77. The van der Waals surface area contributed by atoms with Crippen LogP contribution >= 0.6 is 0 Å². The zero-order chi connectivity index (χ0) is 15.4. The van der Waals surface area contributed by atoms with Crippen molar-refractivity contribution in [2.75, 3.05) is 25.1 Å². The number of amides is 1. The maximum atomic E-state index is 12.1. The molecule has 1 unspecified atom stereocenters. The fourth-order valence-corrected chi connectivity index (χ4v) is 2.42. The Bertz CT molecular complexity index is 651. The van der Waals surface area contributed by atoms with Crippen molar-refractivity contribution in [1.82, 2.24) is 25.3 Å². The van der Waals surface area contributed by atoms with Crippen LogP contribution in [0.2, 0.25) is 0 Å². The van der Waals surface area contributed by atoms with Crippen LogP contribution in [0.3, 0.4) is 0 Å². The standard InChI is InChI=1S/C14H16N6O2/c1-22-14-12(17-5-6-18-14)20-7-2-10(9-20)19-13(21)11-8-15-3-4-16-11/h3-6,8,10H,2,7,9H2,1H3,(H,19,21). The highest BCUT2D eigenvalue weighted by atomic mass is 16.5. The predicted molar refractivity (Wildman–Crippen MR) is 78.7 cm³/mol. The zero-order valence-corrected chi connectivity index (χ0v) is 12.1. The maximum Gasteiger partial charge on any atom is 0.271 e. The molecule has 0 aromatic carbocycles. The van der Waals surface area contributed by atoms with Crippen LogP contribution in [0, 0.1) is 0 Å². The number of ether oxygens (including phenoxy) is 1. The van der Waals surface area contributed by atoms with Gasteiger partial charge in [0, 0.05) is 43.9 Å². The highest BCUT2D eigenvalue weighted by Gasteiger charge is 2.27. The highest BCUT2D eigenvalue weighted by molar-refractivity contribution is 5.92. The second kappa shape index (κ2) is 6.33. The Morgan fingerprint density at radius 2 is 2.09 bits per heavy atom. The Morgan fingerprint density at radius 3 is 2.86 bits per heavy atom. The maximum absolute atomic E-state index is 12.1. The third-order valence-corrected chi connectivity index (χ3v) is 3.46. The van der Waals surface area contributed by atoms with Gasteiger partial charge in [0.15, 0.2) is 5.82 Å². The first-order valence-corrected chi connectivity index (χ1v) is 6.94. The molecule has 1 aliphatic heterocycles. The first-order valence-electron chi connectivity index (χ1n) is 6.94. The lowest BCUT2D eigenvalue weighted by Crippen LogP contribution is -2.37. The number of hydrogen-bond acceptors (Lipinski definition) is 7. The normalized spacial score (nSPS) is 17.3. The summed E-state index contributed by atoms with van der Waals surface area (Å²) in [6.07, 6.45) is 8.53. The van der Waals surface area contributed by atoms with E-state index in [4.69, 9.17) is 4.74 Å². The van der Waals surface area contributed by atoms with Crippen LogP contribution in [0.15, 0.2) is 31.0 Å². The van der Waals surface area contributed by atoms with Crippen molar-refractivity contribution < 1.29 is 9.53 Å². The molecule has 3 heterocycles. The minimum Gasteiger partial charge on any atom is -0.478 e. The minimum atomic E-state index is -0.217. The molecule has 0 radical (unpaired) electrons. The third-order valence-electron chi connectivity index (χ3n) is 3.46. The molecule has 0 saturated carbocycles. The molecule has 1 saturated heterocycles. The Morgan fingerprint density at radius 1 is 1.27 bits per heavy atom. The summed E-state index contributed by atoms with van der Waals surface area (Å²) in [7, 11) is 1.57. The number of rotatable bonds is 4. The molecule has 22 heavy (non-hydrogen) atoms. The van der Waals surface area contributed by atoms with E-state index in [-0.39, 0.29) is 11.9 Å². The molecule has 114 valence electrons. The van der Waals surface area contributed by atoms with E-state index in [9.17, 15) is 4.79 Å². The third kappa shape index (κ3) is 2.95. The van der Waals surface area contributed by atoms with Crippen molar-refractivity contribution in [1.29, 1.82) is 0 Å². The van der Waals surface area contributed by atoms with E-state index < -0.39 is 0 Å². The van der Waals surface area contributed by atoms with Crippen LogP contribution in [0.1, 0.15) is 16.9 Å². The fourth-order valence-electron chi connectivity index (χ4n) is 2.42. The minimum absolute atomic E-state index is 0.0289. The average Bonchev–Trinajstić information content (AvgIpc) is 3.04. The Labute approximate surface area is 127 Å². The van der Waals surface area contributed by atoms with Crippen LogP contribution in [-0.2, 0) is 0 Å². The van der Waals surface area contributed by atoms with Crippen molar-refractivity contribution in [3.63, 3.8) is 0 Å². The summed E-state index contributed by atoms with van der Waals surface area (Å²) < 4.78 is 5.22. The molecular formula is C14H16N6O2. The molecular weight excluding hydrogens is 284 g/mol. The van der Waals surface area contributed by atoms with E-state index in [1.807, 2.05) is 4.90 Å². The first kappa shape index (κ1) is 14.2. The van der Waals surface area contributed by atoms with Gasteiger partial charge in [-0.3, -0.25) is 9.78 Å². The van der Waals surface area contributed by atoms with E-state index in [1.165, 1.54) is 18.6 Å². The van der Waals surface area contributed by atoms with Gasteiger partial charge in [0.05, 0.1) is 13.3 Å². The summed E-state index contributed by atoms with van der Waals surface area (Å²) in [5, 5.41) is 2.96. The molecule has 1 atom stereocenters. The fraction of sp³-hybridized carbons (Fsp3) is 0.357. The SMILES string of the molecule is COc1nccnc1N1CCC(NC(=O)c2cnccn2)C1. The molecule has 2 aromatic heterocycles. The van der Waals surface area contributed by atoms with Crippen LogP contribution in [0.4, 0.5) is 5.82 Å². The van der Waals surface area contributed by atoms with Gasteiger partial charge in [-0.15, -0.1) is 0 Å². The largest absolute Gasteiger partial charge is 0.478 e. The topological polar surface area (TPSA) is 93.1 Å². The van der Waals surface area contributed by atoms with Gasteiger partial charge < -0.3 is 15.0 Å². The van der Waals surface area contributed by atoms with E-state index in [0.717, 1.165) is 13.0 Å². The van der Waals surface area contributed by atoms with Gasteiger partial charge in [0.25, 0.3) is 11.8 Å². The highest BCUT2D eigenvalue weighted by Crippen LogP contribution is 2.25. The molecule has 1 amide bonds. The van der Waals surface area contributed by atoms with Gasteiger partial charge in [-0.1, -0.05) is 0 Å². The van der Waals surface area contributed by atoms with Gasteiger partial charge in [-0.05, 0) is 6.42 Å². The van der Waals surface area contributed by atoms with E-state index in [2.05, 4.69) is 25.3 Å². The van der Waals surface area contributed by atoms with Crippen LogP contribution in [0.5, 0.6) is 5.88 Å². The quantitative estimate of drug-likeness (QED) is 0.867. The molecule has 1 fully saturated rings. The number of anilines is 1. The first-order chi connectivity index (χ1) is 10.8.